The van der Waals surface area contributed by atoms with Gasteiger partial charge in [-0.3, -0.25) is 9.79 Å². The summed E-state index contributed by atoms with van der Waals surface area (Å²) in [7, 11) is 0. The van der Waals surface area contributed by atoms with E-state index < -0.39 is 0 Å². The molecule has 0 aliphatic heterocycles. The maximum absolute atomic E-state index is 11.4. The fourth-order valence-corrected chi connectivity index (χ4v) is 1.12. The summed E-state index contributed by atoms with van der Waals surface area (Å²) in [6.07, 6.45) is 2.20. The van der Waals surface area contributed by atoms with Crippen LogP contribution in [-0.2, 0) is 4.79 Å². The molecule has 0 heterocycles. The summed E-state index contributed by atoms with van der Waals surface area (Å²) in [5.41, 5.74) is 5.45. The number of amides is 1. The highest BCUT2D eigenvalue weighted by Gasteiger charge is 2.12. The van der Waals surface area contributed by atoms with Gasteiger partial charge in [0.2, 0.25) is 5.91 Å². The van der Waals surface area contributed by atoms with Gasteiger partial charge in [0.25, 0.3) is 0 Å². The van der Waals surface area contributed by atoms with Gasteiger partial charge in [-0.2, -0.15) is 0 Å². The minimum atomic E-state index is -0.171. The number of rotatable bonds is 5. The molecule has 0 radical (unpaired) electrons. The molecule has 0 aliphatic carbocycles. The Morgan fingerprint density at radius 2 is 1.93 bits per heavy atom. The second-order valence-corrected chi connectivity index (χ2v) is 4.67. The summed E-state index contributed by atoms with van der Waals surface area (Å²) in [6, 6.07) is 0. The Labute approximate surface area is 92.3 Å². The van der Waals surface area contributed by atoms with E-state index in [4.69, 9.17) is 5.73 Å². The third kappa shape index (κ3) is 9.25. The summed E-state index contributed by atoms with van der Waals surface area (Å²) in [5.74, 6) is 0.664. The molecule has 4 nitrogen and oxygen atoms in total. The average molecular weight is 213 g/mol. The Morgan fingerprint density at radius 1 is 1.33 bits per heavy atom. The van der Waals surface area contributed by atoms with Crippen LogP contribution < -0.4 is 11.1 Å². The van der Waals surface area contributed by atoms with Gasteiger partial charge in [0, 0.05) is 24.9 Å². The van der Waals surface area contributed by atoms with Crippen molar-refractivity contribution in [1.29, 1.82) is 0 Å². The number of hydrogen-bond acceptors (Lipinski definition) is 2. The Hall–Kier alpha value is -1.06. The van der Waals surface area contributed by atoms with E-state index in [9.17, 15) is 4.79 Å². The van der Waals surface area contributed by atoms with Crippen LogP contribution in [0.4, 0.5) is 0 Å². The maximum atomic E-state index is 11.4. The van der Waals surface area contributed by atoms with Crippen LogP contribution in [0.1, 0.15) is 47.0 Å². The molecule has 15 heavy (non-hydrogen) atoms. The molecule has 0 unspecified atom stereocenters. The molecule has 0 aliphatic rings. The predicted octanol–water partition coefficient (Wildman–Crippen LogP) is 1.45. The third-order valence-corrected chi connectivity index (χ3v) is 1.67. The van der Waals surface area contributed by atoms with Crippen molar-refractivity contribution >= 4 is 11.7 Å². The fraction of sp³-hybridized carbons (Fsp3) is 0.818. The first-order chi connectivity index (χ1) is 6.85. The van der Waals surface area contributed by atoms with Crippen LogP contribution in [0.3, 0.4) is 0 Å². The molecule has 0 aromatic carbocycles. The zero-order valence-corrected chi connectivity index (χ0v) is 10.3. The molecular weight excluding hydrogens is 190 g/mol. The average Bonchev–Trinajstić information content (AvgIpc) is 2.00. The number of nitrogens with one attached hydrogen (secondary N) is 1. The summed E-state index contributed by atoms with van der Waals surface area (Å²) in [6.45, 7) is 8.40. The second kappa shape index (κ2) is 6.43. The van der Waals surface area contributed by atoms with Gasteiger partial charge in [-0.25, -0.2) is 0 Å². The van der Waals surface area contributed by atoms with Crippen LogP contribution >= 0.6 is 0 Å². The first-order valence-corrected chi connectivity index (χ1v) is 5.45. The lowest BCUT2D eigenvalue weighted by molar-refractivity contribution is -0.122. The number of aliphatic imine (C=N–C) groups is 1. The number of carbonyl (C=O) groups is 1. The van der Waals surface area contributed by atoms with Gasteiger partial charge in [-0.1, -0.05) is 6.92 Å². The van der Waals surface area contributed by atoms with Gasteiger partial charge in [-0.05, 0) is 27.2 Å². The molecule has 1 amide bonds. The lowest BCUT2D eigenvalue weighted by atomic mass is 10.1. The fourth-order valence-electron chi connectivity index (χ4n) is 1.12. The highest BCUT2D eigenvalue weighted by Crippen LogP contribution is 1.99. The van der Waals surface area contributed by atoms with Gasteiger partial charge < -0.3 is 11.1 Å². The number of nitrogens with two attached hydrogens (primary N) is 1. The number of hydrogen-bond donors (Lipinski definition) is 2. The molecule has 3 N–H and O–H groups in total. The van der Waals surface area contributed by atoms with E-state index in [1.165, 1.54) is 0 Å². The van der Waals surface area contributed by atoms with Gasteiger partial charge in [0.15, 0.2) is 0 Å². The van der Waals surface area contributed by atoms with Crippen molar-refractivity contribution in [3.8, 4) is 0 Å². The number of carbonyl (C=O) groups excluding carboxylic acids is 1. The van der Waals surface area contributed by atoms with Crippen molar-refractivity contribution in [2.24, 2.45) is 10.7 Å². The van der Waals surface area contributed by atoms with E-state index in [2.05, 4.69) is 17.2 Å². The van der Waals surface area contributed by atoms with Crippen LogP contribution in [0.5, 0.6) is 0 Å². The van der Waals surface area contributed by atoms with Crippen LogP contribution in [0.15, 0.2) is 4.99 Å². The normalized spacial score (nSPS) is 12.7. The summed E-state index contributed by atoms with van der Waals surface area (Å²) < 4.78 is 0. The Bertz CT molecular complexity index is 228. The molecule has 0 saturated carbocycles. The molecule has 4 heteroatoms. The first kappa shape index (κ1) is 13.9. The molecular formula is C11H23N3O. The molecule has 0 spiro atoms. The van der Waals surface area contributed by atoms with E-state index in [0.29, 0.717) is 18.8 Å². The SMILES string of the molecule is CCCC(N)=NCCC(=O)NC(C)(C)C. The second-order valence-electron chi connectivity index (χ2n) is 4.67. The molecule has 0 bridgehead atoms. The zero-order chi connectivity index (χ0) is 11.9. The largest absolute Gasteiger partial charge is 0.387 e. The minimum Gasteiger partial charge on any atom is -0.387 e. The lowest BCUT2D eigenvalue weighted by Gasteiger charge is -2.20. The van der Waals surface area contributed by atoms with Crippen molar-refractivity contribution in [1.82, 2.24) is 5.32 Å². The van der Waals surface area contributed by atoms with Crippen LogP contribution in [0.2, 0.25) is 0 Å². The molecule has 0 rings (SSSR count). The van der Waals surface area contributed by atoms with Crippen LogP contribution in [0.25, 0.3) is 0 Å². The van der Waals surface area contributed by atoms with E-state index in [-0.39, 0.29) is 11.4 Å². The van der Waals surface area contributed by atoms with E-state index in [1.54, 1.807) is 0 Å². The van der Waals surface area contributed by atoms with Crippen molar-refractivity contribution in [3.63, 3.8) is 0 Å². The first-order valence-electron chi connectivity index (χ1n) is 5.45. The molecule has 0 atom stereocenters. The smallest absolute Gasteiger partial charge is 0.222 e. The van der Waals surface area contributed by atoms with Crippen LogP contribution in [0, 0.1) is 0 Å². The molecule has 0 saturated heterocycles. The Morgan fingerprint density at radius 3 is 2.40 bits per heavy atom. The Balaban J connectivity index is 3.77. The quantitative estimate of drug-likeness (QED) is 0.536. The molecule has 0 aromatic heterocycles. The Kier molecular flexibility index (Phi) is 5.97. The summed E-state index contributed by atoms with van der Waals surface area (Å²) in [5, 5.41) is 2.88. The van der Waals surface area contributed by atoms with Gasteiger partial charge in [0.1, 0.15) is 0 Å². The van der Waals surface area contributed by atoms with E-state index in [0.717, 1.165) is 12.8 Å². The topological polar surface area (TPSA) is 67.5 Å². The third-order valence-electron chi connectivity index (χ3n) is 1.67. The minimum absolute atomic E-state index is 0.0237. The molecule has 0 aromatic rings. The standard InChI is InChI=1S/C11H23N3O/c1-5-6-9(12)13-8-7-10(15)14-11(2,3)4/h5-8H2,1-4H3,(H2,12,13)(H,14,15). The van der Waals surface area contributed by atoms with Gasteiger partial charge in [0.05, 0.1) is 5.84 Å². The zero-order valence-electron chi connectivity index (χ0n) is 10.3. The number of nitrogens with zero attached hydrogens (tertiary/aromatic N) is 1. The van der Waals surface area contributed by atoms with Crippen molar-refractivity contribution in [2.75, 3.05) is 6.54 Å². The van der Waals surface area contributed by atoms with Crippen molar-refractivity contribution in [2.45, 2.75) is 52.5 Å². The number of amidine groups is 1. The molecule has 0 fully saturated rings. The highest BCUT2D eigenvalue weighted by atomic mass is 16.1. The van der Waals surface area contributed by atoms with Crippen LogP contribution in [-0.4, -0.2) is 23.8 Å². The van der Waals surface area contributed by atoms with Crippen molar-refractivity contribution in [3.05, 3.63) is 0 Å². The highest BCUT2D eigenvalue weighted by molar-refractivity contribution is 5.81. The van der Waals surface area contributed by atoms with Gasteiger partial charge in [-0.15, -0.1) is 0 Å². The molecule has 88 valence electrons. The predicted molar refractivity (Wildman–Crippen MR) is 63.9 cm³/mol. The lowest BCUT2D eigenvalue weighted by Crippen LogP contribution is -2.40. The summed E-state index contributed by atoms with van der Waals surface area (Å²) in [4.78, 5) is 15.5. The van der Waals surface area contributed by atoms with E-state index in [1.807, 2.05) is 20.8 Å². The summed E-state index contributed by atoms with van der Waals surface area (Å²) >= 11 is 0. The maximum Gasteiger partial charge on any atom is 0.222 e. The monoisotopic (exact) mass is 213 g/mol. The van der Waals surface area contributed by atoms with Crippen molar-refractivity contribution < 1.29 is 4.79 Å². The van der Waals surface area contributed by atoms with Gasteiger partial charge >= 0.3 is 0 Å². The van der Waals surface area contributed by atoms with E-state index >= 15 is 0 Å².